The number of rotatable bonds is 4. The van der Waals surface area contributed by atoms with Gasteiger partial charge in [-0.2, -0.15) is 5.26 Å². The van der Waals surface area contributed by atoms with Crippen LogP contribution >= 0.6 is 7.14 Å². The van der Waals surface area contributed by atoms with Crippen LogP contribution in [0, 0.1) is 18.3 Å². The van der Waals surface area contributed by atoms with E-state index < -0.39 is 7.14 Å². The van der Waals surface area contributed by atoms with Crippen molar-refractivity contribution in [1.29, 1.82) is 5.26 Å². The number of benzene rings is 2. The average Bonchev–Trinajstić information content (AvgIpc) is 3.16. The second kappa shape index (κ2) is 7.94. The summed E-state index contributed by atoms with van der Waals surface area (Å²) in [6.45, 7) is 5.82. The lowest BCUT2D eigenvalue weighted by Gasteiger charge is -2.12. The van der Waals surface area contributed by atoms with E-state index in [9.17, 15) is 9.36 Å². The van der Waals surface area contributed by atoms with E-state index in [0.717, 1.165) is 27.7 Å². The molecule has 2 heterocycles. The Morgan fingerprint density at radius 1 is 1.16 bits per heavy atom. The topological polar surface area (TPSA) is 95.2 Å². The minimum absolute atomic E-state index is 0.280. The van der Waals surface area contributed by atoms with Gasteiger partial charge in [-0.15, -0.1) is 0 Å². The van der Waals surface area contributed by atoms with Crippen molar-refractivity contribution in [2.75, 3.05) is 18.6 Å². The predicted molar refractivity (Wildman–Crippen MR) is 123 cm³/mol. The molecule has 1 N–H and O–H groups in total. The lowest BCUT2D eigenvalue weighted by Crippen LogP contribution is -2.16. The van der Waals surface area contributed by atoms with Gasteiger partial charge in [-0.3, -0.25) is 9.79 Å². The first kappa shape index (κ1) is 20.7. The summed E-state index contributed by atoms with van der Waals surface area (Å²) in [4.78, 5) is 21.5. The molecule has 0 fully saturated rings. The van der Waals surface area contributed by atoms with E-state index >= 15 is 0 Å². The van der Waals surface area contributed by atoms with E-state index in [1.54, 1.807) is 26.3 Å². The normalized spacial score (nSPS) is 12.6. The number of amides is 1. The smallest absolute Gasteiger partial charge is 0.274 e. The van der Waals surface area contributed by atoms with Crippen LogP contribution < -0.4 is 10.6 Å². The van der Waals surface area contributed by atoms with Crippen LogP contribution in [0.4, 0.5) is 5.69 Å². The van der Waals surface area contributed by atoms with Crippen molar-refractivity contribution in [2.45, 2.75) is 13.5 Å². The van der Waals surface area contributed by atoms with Crippen molar-refractivity contribution >= 4 is 29.8 Å². The van der Waals surface area contributed by atoms with Gasteiger partial charge in [0.15, 0.2) is 0 Å². The highest BCUT2D eigenvalue weighted by atomic mass is 31.2. The van der Waals surface area contributed by atoms with E-state index in [0.29, 0.717) is 23.4 Å². The summed E-state index contributed by atoms with van der Waals surface area (Å²) >= 11 is 0. The van der Waals surface area contributed by atoms with Crippen LogP contribution in [0.15, 0.2) is 59.7 Å². The molecule has 0 bridgehead atoms. The average molecular weight is 428 g/mol. The number of carbonyl (C=O) groups excluding carboxylic acids is 1. The van der Waals surface area contributed by atoms with Crippen LogP contribution in [0.1, 0.15) is 38.3 Å². The number of aliphatic imine (C=N–C) groups is 1. The Hall–Kier alpha value is -3.55. The first-order chi connectivity index (χ1) is 14.8. The molecule has 0 saturated carbocycles. The van der Waals surface area contributed by atoms with E-state index in [1.807, 2.05) is 48.5 Å². The molecule has 1 aromatic heterocycles. The van der Waals surface area contributed by atoms with Gasteiger partial charge in [0.1, 0.15) is 18.9 Å². The maximum atomic E-state index is 12.7. The first-order valence-electron chi connectivity index (χ1n) is 9.78. The van der Waals surface area contributed by atoms with Gasteiger partial charge in [0.05, 0.1) is 17.8 Å². The number of pyridine rings is 1. The highest BCUT2D eigenvalue weighted by Gasteiger charge is 2.21. The third-order valence-corrected chi connectivity index (χ3v) is 6.72. The van der Waals surface area contributed by atoms with Crippen molar-refractivity contribution in [3.05, 3.63) is 88.2 Å². The Balaban J connectivity index is 1.63. The zero-order valence-electron chi connectivity index (χ0n) is 17.5. The number of carbonyl (C=O) groups is 1. The van der Waals surface area contributed by atoms with Crippen molar-refractivity contribution in [1.82, 2.24) is 4.98 Å². The third kappa shape index (κ3) is 4.19. The van der Waals surface area contributed by atoms with Gasteiger partial charge in [0, 0.05) is 28.3 Å². The fourth-order valence-corrected chi connectivity index (χ4v) is 4.46. The maximum absolute atomic E-state index is 12.7. The van der Waals surface area contributed by atoms with Crippen molar-refractivity contribution in [3.8, 4) is 6.07 Å². The second-order valence-corrected chi connectivity index (χ2v) is 11.1. The van der Waals surface area contributed by atoms with Crippen LogP contribution in [-0.4, -0.2) is 29.9 Å². The molecule has 1 aliphatic heterocycles. The van der Waals surface area contributed by atoms with Crippen LogP contribution in [0.3, 0.4) is 0 Å². The number of nitrogens with zero attached hydrogens (tertiary/aromatic N) is 3. The summed E-state index contributed by atoms with van der Waals surface area (Å²) < 4.78 is 12.5. The van der Waals surface area contributed by atoms with Crippen LogP contribution in [0.25, 0.3) is 0 Å². The molecule has 0 unspecified atom stereocenters. The van der Waals surface area contributed by atoms with Gasteiger partial charge in [-0.25, -0.2) is 4.98 Å². The minimum atomic E-state index is -2.38. The van der Waals surface area contributed by atoms with E-state index in [-0.39, 0.29) is 11.6 Å². The number of hydrogen-bond donors (Lipinski definition) is 1. The molecular weight excluding hydrogens is 407 g/mol. The van der Waals surface area contributed by atoms with Crippen LogP contribution in [0.5, 0.6) is 0 Å². The van der Waals surface area contributed by atoms with Gasteiger partial charge >= 0.3 is 0 Å². The Morgan fingerprint density at radius 3 is 2.68 bits per heavy atom. The Morgan fingerprint density at radius 2 is 1.97 bits per heavy atom. The molecule has 154 valence electrons. The Kier molecular flexibility index (Phi) is 5.31. The number of aryl methyl sites for hydroxylation is 1. The molecule has 0 saturated heterocycles. The molecule has 4 rings (SSSR count). The van der Waals surface area contributed by atoms with Gasteiger partial charge in [0.25, 0.3) is 5.91 Å². The van der Waals surface area contributed by atoms with Crippen LogP contribution in [-0.2, 0) is 11.1 Å². The van der Waals surface area contributed by atoms with E-state index in [1.165, 1.54) is 6.20 Å². The second-order valence-electron chi connectivity index (χ2n) is 7.89. The van der Waals surface area contributed by atoms with Crippen molar-refractivity contribution in [3.63, 3.8) is 0 Å². The summed E-state index contributed by atoms with van der Waals surface area (Å²) in [6.07, 6.45) is 1.39. The standard InChI is InChI=1S/C24H21N4O2P/c1-15-9-16(12-25)13-26-22(15)24(29)28-19-8-7-18-14-27-23(21(18)11-19)17-5-4-6-20(10-17)31(2,3)30/h4-11,13H,14H2,1-3H3,(H,28,29). The largest absolute Gasteiger partial charge is 0.321 e. The van der Waals surface area contributed by atoms with Gasteiger partial charge in [0.2, 0.25) is 0 Å². The summed E-state index contributed by atoms with van der Waals surface area (Å²) in [5.41, 5.74) is 5.73. The molecule has 31 heavy (non-hydrogen) atoms. The number of nitriles is 1. The monoisotopic (exact) mass is 428 g/mol. The number of nitrogens with one attached hydrogen (secondary N) is 1. The molecule has 0 radical (unpaired) electrons. The van der Waals surface area contributed by atoms with E-state index in [2.05, 4.69) is 15.3 Å². The van der Waals surface area contributed by atoms with Crippen LogP contribution in [0.2, 0.25) is 0 Å². The molecule has 1 aliphatic rings. The molecule has 0 spiro atoms. The summed E-state index contributed by atoms with van der Waals surface area (Å²) in [5, 5.41) is 12.7. The number of aromatic nitrogens is 1. The fraction of sp³-hybridized carbons (Fsp3) is 0.167. The lowest BCUT2D eigenvalue weighted by atomic mass is 9.99. The molecule has 1 amide bonds. The molecule has 0 aliphatic carbocycles. The fourth-order valence-electron chi connectivity index (χ4n) is 3.56. The highest BCUT2D eigenvalue weighted by Crippen LogP contribution is 2.35. The van der Waals surface area contributed by atoms with Crippen molar-refractivity contribution < 1.29 is 9.36 Å². The lowest BCUT2D eigenvalue weighted by molar-refractivity contribution is 0.102. The maximum Gasteiger partial charge on any atom is 0.274 e. The van der Waals surface area contributed by atoms with Crippen molar-refractivity contribution in [2.24, 2.45) is 4.99 Å². The van der Waals surface area contributed by atoms with Gasteiger partial charge in [-0.05, 0) is 55.6 Å². The molecule has 7 heteroatoms. The predicted octanol–water partition coefficient (Wildman–Crippen LogP) is 4.11. The van der Waals surface area contributed by atoms with E-state index in [4.69, 9.17) is 5.26 Å². The Labute approximate surface area is 181 Å². The van der Waals surface area contributed by atoms with Gasteiger partial charge < -0.3 is 9.88 Å². The Bertz CT molecular complexity index is 1330. The quantitative estimate of drug-likeness (QED) is 0.633. The first-order valence-corrected chi connectivity index (χ1v) is 12.4. The number of fused-ring (bicyclic) bond motifs is 1. The number of hydrogen-bond acceptors (Lipinski definition) is 5. The zero-order chi connectivity index (χ0) is 22.2. The zero-order valence-corrected chi connectivity index (χ0v) is 18.4. The summed E-state index contributed by atoms with van der Waals surface area (Å²) in [5.74, 6) is -0.335. The molecule has 3 aromatic rings. The molecule has 6 nitrogen and oxygen atoms in total. The highest BCUT2D eigenvalue weighted by molar-refractivity contribution is 7.70. The molecule has 2 aromatic carbocycles. The molecule has 0 atom stereocenters. The SMILES string of the molecule is Cc1cc(C#N)cnc1C(=O)Nc1ccc2c(c1)C(c1cccc(P(C)(C)=O)c1)=NC2. The number of anilines is 1. The minimum Gasteiger partial charge on any atom is -0.321 e. The third-order valence-electron chi connectivity index (χ3n) is 5.19. The van der Waals surface area contributed by atoms with Gasteiger partial charge in [-0.1, -0.05) is 24.3 Å². The molecular formula is C24H21N4O2P. The summed E-state index contributed by atoms with van der Waals surface area (Å²) in [6, 6.07) is 17.0. The summed E-state index contributed by atoms with van der Waals surface area (Å²) in [7, 11) is -2.38.